The van der Waals surface area contributed by atoms with Crippen molar-refractivity contribution in [3.8, 4) is 0 Å². The van der Waals surface area contributed by atoms with Gasteiger partial charge in [-0.1, -0.05) is 0 Å². The Hall–Kier alpha value is 0.410. The molecule has 0 aromatic carbocycles. The monoisotopic (exact) mass is 358 g/mol. The first-order valence-corrected chi connectivity index (χ1v) is 7.36. The molecule has 18 heavy (non-hydrogen) atoms. The van der Waals surface area contributed by atoms with E-state index in [0.717, 1.165) is 6.92 Å². The molecule has 0 amide bonds. The van der Waals surface area contributed by atoms with Crippen LogP contribution in [0, 0.1) is 0 Å². The molecule has 0 atom stereocenters. The number of carboxylic acid groups (broad SMARTS) is 1. The van der Waals surface area contributed by atoms with Crippen molar-refractivity contribution in [2.24, 2.45) is 0 Å². The minimum atomic E-state index is -2.80. The minimum Gasteiger partial charge on any atom is -0.481 e. The van der Waals surface area contributed by atoms with Crippen LogP contribution in [-0.4, -0.2) is 46.6 Å². The van der Waals surface area contributed by atoms with Crippen molar-refractivity contribution in [3.05, 3.63) is 0 Å². The molecule has 8 heteroatoms. The molecule has 0 aromatic heterocycles. The molecule has 0 aliphatic rings. The zero-order valence-corrected chi connectivity index (χ0v) is 15.3. The van der Waals surface area contributed by atoms with Crippen molar-refractivity contribution >= 4 is 15.0 Å². The molecule has 108 valence electrons. The van der Waals surface area contributed by atoms with Gasteiger partial charge in [0, 0.05) is 59.6 Å². The molecule has 1 N–H and O–H groups in total. The summed E-state index contributed by atoms with van der Waals surface area (Å²) in [5.74, 6) is -0.833. The van der Waals surface area contributed by atoms with E-state index in [0.29, 0.717) is 26.4 Å². The number of hydrogen-bond acceptors (Lipinski definition) is 5. The van der Waals surface area contributed by atoms with Crippen LogP contribution in [0.25, 0.3) is 0 Å². The third kappa shape index (κ3) is 14.5. The van der Waals surface area contributed by atoms with Crippen LogP contribution in [0.15, 0.2) is 0 Å². The van der Waals surface area contributed by atoms with Crippen LogP contribution in [0.2, 0.25) is 0 Å². The zero-order chi connectivity index (χ0) is 13.7. The van der Waals surface area contributed by atoms with Crippen LogP contribution in [0.4, 0.5) is 0 Å². The molecular formula is C10H24O6SiZr. The molecule has 0 aromatic rings. The molecule has 0 saturated carbocycles. The average molecular weight is 360 g/mol. The predicted octanol–water partition coefficient (Wildman–Crippen LogP) is 1.66. The van der Waals surface area contributed by atoms with Crippen molar-refractivity contribution in [1.29, 1.82) is 0 Å². The second kappa shape index (κ2) is 15.5. The molecule has 6 nitrogen and oxygen atoms in total. The summed E-state index contributed by atoms with van der Waals surface area (Å²) in [6, 6.07) is 0. The Kier molecular flexibility index (Phi) is 20.2. The number of carbonyl (C=O) groups is 1. The molecule has 0 aliphatic carbocycles. The first kappa shape index (κ1) is 23.5. The summed E-state index contributed by atoms with van der Waals surface area (Å²) in [7, 11) is -2.80. The third-order valence-electron chi connectivity index (χ3n) is 1.28. The van der Waals surface area contributed by atoms with E-state index in [-0.39, 0.29) is 26.2 Å². The fourth-order valence-electron chi connectivity index (χ4n) is 0.957. The molecule has 0 bridgehead atoms. The van der Waals surface area contributed by atoms with E-state index in [1.165, 1.54) is 0 Å². The van der Waals surface area contributed by atoms with Crippen LogP contribution < -0.4 is 0 Å². The van der Waals surface area contributed by atoms with Crippen molar-refractivity contribution in [1.82, 2.24) is 0 Å². The molecule has 0 fully saturated rings. The summed E-state index contributed by atoms with van der Waals surface area (Å²) in [5.41, 5.74) is 0. The molecule has 0 aliphatic heterocycles. The van der Waals surface area contributed by atoms with E-state index in [1.807, 2.05) is 27.7 Å². The summed E-state index contributed by atoms with van der Waals surface area (Å²) < 4.78 is 21.7. The fourth-order valence-corrected chi connectivity index (χ4v) is 2.87. The van der Waals surface area contributed by atoms with Gasteiger partial charge in [0.25, 0.3) is 5.97 Å². The Bertz CT molecular complexity index is 160. The Morgan fingerprint density at radius 2 is 1.06 bits per heavy atom. The molecule has 0 spiro atoms. The second-order valence-corrected chi connectivity index (χ2v) is 4.91. The average Bonchev–Trinajstić information content (AvgIpc) is 2.18. The summed E-state index contributed by atoms with van der Waals surface area (Å²) in [6.45, 7) is 10.9. The molecule has 0 saturated heterocycles. The van der Waals surface area contributed by atoms with E-state index in [9.17, 15) is 0 Å². The van der Waals surface area contributed by atoms with Crippen molar-refractivity contribution < 1.29 is 53.8 Å². The van der Waals surface area contributed by atoms with Gasteiger partial charge in [-0.25, -0.2) is 0 Å². The van der Waals surface area contributed by atoms with E-state index < -0.39 is 15.0 Å². The van der Waals surface area contributed by atoms with Crippen LogP contribution >= 0.6 is 0 Å². The van der Waals surface area contributed by atoms with Gasteiger partial charge >= 0.3 is 9.05 Å². The smallest absolute Gasteiger partial charge is 0.481 e. The Labute approximate surface area is 130 Å². The van der Waals surface area contributed by atoms with E-state index in [4.69, 9.17) is 27.6 Å². The number of hydrogen-bond donors (Lipinski definition) is 1. The number of aliphatic carboxylic acids is 1. The first-order chi connectivity index (χ1) is 7.97. The Morgan fingerprint density at radius 3 is 1.17 bits per heavy atom. The van der Waals surface area contributed by atoms with Crippen molar-refractivity contribution in [3.63, 3.8) is 0 Å². The normalized spacial score (nSPS) is 10.1. The van der Waals surface area contributed by atoms with Gasteiger partial charge in [0.05, 0.1) is 0 Å². The first-order valence-electron chi connectivity index (χ1n) is 5.73. The van der Waals surface area contributed by atoms with Crippen LogP contribution in [-0.2, 0) is 48.7 Å². The molecule has 0 unspecified atom stereocenters. The third-order valence-corrected chi connectivity index (χ3v) is 3.85. The van der Waals surface area contributed by atoms with Gasteiger partial charge in [-0.2, -0.15) is 0 Å². The van der Waals surface area contributed by atoms with E-state index in [1.54, 1.807) is 0 Å². The van der Waals surface area contributed by atoms with Gasteiger partial charge in [0.2, 0.25) is 0 Å². The van der Waals surface area contributed by atoms with E-state index >= 15 is 0 Å². The topological polar surface area (TPSA) is 74.2 Å². The summed E-state index contributed by atoms with van der Waals surface area (Å²) in [4.78, 5) is 9.00. The summed E-state index contributed by atoms with van der Waals surface area (Å²) in [5, 5.41) is 7.42. The van der Waals surface area contributed by atoms with Crippen LogP contribution in [0.3, 0.4) is 0 Å². The molecule has 0 radical (unpaired) electrons. The van der Waals surface area contributed by atoms with Crippen LogP contribution in [0.1, 0.15) is 34.6 Å². The van der Waals surface area contributed by atoms with E-state index in [2.05, 4.69) is 0 Å². The Balaban J connectivity index is -0.000000392. The maximum Gasteiger partial charge on any atom is 0.679 e. The van der Waals surface area contributed by atoms with Gasteiger partial charge in [-0.15, -0.1) is 0 Å². The second-order valence-electron chi connectivity index (χ2n) is 2.75. The van der Waals surface area contributed by atoms with Gasteiger partial charge in [0.1, 0.15) is 0 Å². The van der Waals surface area contributed by atoms with Gasteiger partial charge < -0.3 is 22.8 Å². The molecule has 0 rings (SSSR count). The zero-order valence-electron chi connectivity index (χ0n) is 11.8. The Morgan fingerprint density at radius 1 is 0.889 bits per heavy atom. The van der Waals surface area contributed by atoms with Gasteiger partial charge in [-0.05, 0) is 27.7 Å². The van der Waals surface area contributed by atoms with Crippen molar-refractivity contribution in [2.75, 3.05) is 26.4 Å². The summed E-state index contributed by atoms with van der Waals surface area (Å²) in [6.07, 6.45) is 0. The molecular weight excluding hydrogens is 335 g/mol. The predicted molar refractivity (Wildman–Crippen MR) is 65.6 cm³/mol. The maximum atomic E-state index is 9.00. The SMILES string of the molecule is CC(=O)O.CCO[Si](OCC)(OCC)OCC.[Zr]. The molecule has 0 heterocycles. The summed E-state index contributed by atoms with van der Waals surface area (Å²) >= 11 is 0. The van der Waals surface area contributed by atoms with Crippen molar-refractivity contribution in [2.45, 2.75) is 34.6 Å². The number of carboxylic acids is 1. The standard InChI is InChI=1S/C8H20O4Si.C2H4O2.Zr/c1-5-9-13(10-6-2,11-7-3)12-8-4;1-2(3)4;/h5-8H2,1-4H3;1H3,(H,3,4);. The van der Waals surface area contributed by atoms with Gasteiger partial charge in [-0.3, -0.25) is 4.79 Å². The minimum absolute atomic E-state index is 0. The fraction of sp³-hybridized carbons (Fsp3) is 0.900. The largest absolute Gasteiger partial charge is 0.679 e. The number of rotatable bonds is 8. The quantitative estimate of drug-likeness (QED) is 0.664. The van der Waals surface area contributed by atoms with Gasteiger partial charge in [0.15, 0.2) is 0 Å². The van der Waals surface area contributed by atoms with Crippen LogP contribution in [0.5, 0.6) is 0 Å². The maximum absolute atomic E-state index is 9.00.